The quantitative estimate of drug-likeness (QED) is 0.243. The highest BCUT2D eigenvalue weighted by molar-refractivity contribution is 7.80. The van der Waals surface area contributed by atoms with Gasteiger partial charge in [0.1, 0.15) is 11.3 Å². The largest absolute Gasteiger partial charge is 0.496 e. The third kappa shape index (κ3) is 4.30. The molecule has 1 saturated heterocycles. The van der Waals surface area contributed by atoms with E-state index in [0.717, 1.165) is 10.5 Å². The smallest absolute Gasteiger partial charge is 0.270 e. The Bertz CT molecular complexity index is 1510. The van der Waals surface area contributed by atoms with Crippen LogP contribution in [0.15, 0.2) is 72.3 Å². The van der Waals surface area contributed by atoms with Gasteiger partial charge >= 0.3 is 0 Å². The van der Waals surface area contributed by atoms with Gasteiger partial charge < -0.3 is 4.74 Å². The molecule has 1 fully saturated rings. The van der Waals surface area contributed by atoms with Crippen LogP contribution in [-0.2, 0) is 16.1 Å². The van der Waals surface area contributed by atoms with Gasteiger partial charge in [0.15, 0.2) is 5.11 Å². The standard InChI is InChI=1S/C28H21N3O5S/c1-16-6-5-7-19(12-16)31-27(35)22(24(32)29-28(31)37)14-17-10-11-23(36-2)18(13-17)15-30-25(33)20-8-3-4-9-21(20)26(30)34/h3-14H,15H2,1-2H3,(H,29,32,37)/b22-14-. The molecule has 0 aromatic heterocycles. The predicted octanol–water partition coefficient (Wildman–Crippen LogP) is 3.63. The highest BCUT2D eigenvalue weighted by atomic mass is 32.1. The summed E-state index contributed by atoms with van der Waals surface area (Å²) >= 11 is 5.27. The average molecular weight is 512 g/mol. The number of aryl methyl sites for hydroxylation is 1. The summed E-state index contributed by atoms with van der Waals surface area (Å²) in [5.41, 5.74) is 3.13. The lowest BCUT2D eigenvalue weighted by molar-refractivity contribution is -0.122. The Morgan fingerprint density at radius 3 is 2.24 bits per heavy atom. The summed E-state index contributed by atoms with van der Waals surface area (Å²) in [7, 11) is 1.48. The van der Waals surface area contributed by atoms with Crippen molar-refractivity contribution in [2.45, 2.75) is 13.5 Å². The zero-order valence-corrected chi connectivity index (χ0v) is 20.8. The van der Waals surface area contributed by atoms with E-state index in [2.05, 4.69) is 5.32 Å². The first kappa shape index (κ1) is 24.1. The van der Waals surface area contributed by atoms with E-state index in [-0.39, 0.29) is 17.2 Å². The summed E-state index contributed by atoms with van der Waals surface area (Å²) in [6.07, 6.45) is 1.45. The molecule has 0 aliphatic carbocycles. The summed E-state index contributed by atoms with van der Waals surface area (Å²) in [5.74, 6) is -1.50. The zero-order chi connectivity index (χ0) is 26.3. The number of methoxy groups -OCH3 is 1. The molecule has 2 aliphatic heterocycles. The number of fused-ring (bicyclic) bond motifs is 1. The van der Waals surface area contributed by atoms with Gasteiger partial charge in [-0.25, -0.2) is 0 Å². The Labute approximate surface area is 218 Å². The van der Waals surface area contributed by atoms with Crippen LogP contribution in [0.3, 0.4) is 0 Å². The Balaban J connectivity index is 1.48. The summed E-state index contributed by atoms with van der Waals surface area (Å²) in [4.78, 5) is 54.2. The molecule has 0 unspecified atom stereocenters. The van der Waals surface area contributed by atoms with Crippen molar-refractivity contribution >= 4 is 52.7 Å². The summed E-state index contributed by atoms with van der Waals surface area (Å²) in [6, 6.07) is 18.9. The average Bonchev–Trinajstić information content (AvgIpc) is 3.11. The topological polar surface area (TPSA) is 96.0 Å². The van der Waals surface area contributed by atoms with E-state index in [1.54, 1.807) is 60.7 Å². The predicted molar refractivity (Wildman–Crippen MR) is 141 cm³/mol. The number of thiocarbonyl (C=S) groups is 1. The number of anilines is 1. The molecule has 8 nitrogen and oxygen atoms in total. The number of hydrogen-bond acceptors (Lipinski definition) is 6. The minimum Gasteiger partial charge on any atom is -0.496 e. The summed E-state index contributed by atoms with van der Waals surface area (Å²) in [6.45, 7) is 1.86. The molecule has 0 atom stereocenters. The third-order valence-electron chi connectivity index (χ3n) is 6.18. The van der Waals surface area contributed by atoms with Gasteiger partial charge in [-0.3, -0.25) is 34.3 Å². The number of hydrogen-bond donors (Lipinski definition) is 1. The molecule has 37 heavy (non-hydrogen) atoms. The molecule has 1 N–H and O–H groups in total. The molecule has 0 bridgehead atoms. The van der Waals surface area contributed by atoms with Crippen LogP contribution in [0.1, 0.15) is 37.4 Å². The lowest BCUT2D eigenvalue weighted by Crippen LogP contribution is -2.54. The van der Waals surface area contributed by atoms with Gasteiger partial charge in [-0.05, 0) is 72.7 Å². The van der Waals surface area contributed by atoms with Crippen molar-refractivity contribution in [3.63, 3.8) is 0 Å². The molecule has 184 valence electrons. The number of nitrogens with one attached hydrogen (secondary N) is 1. The summed E-state index contributed by atoms with van der Waals surface area (Å²) in [5, 5.41) is 2.57. The van der Waals surface area contributed by atoms with Crippen LogP contribution in [0.2, 0.25) is 0 Å². The maximum Gasteiger partial charge on any atom is 0.270 e. The van der Waals surface area contributed by atoms with Crippen LogP contribution in [-0.4, -0.2) is 40.8 Å². The van der Waals surface area contributed by atoms with Gasteiger partial charge in [-0.15, -0.1) is 0 Å². The van der Waals surface area contributed by atoms with Crippen molar-refractivity contribution in [2.24, 2.45) is 0 Å². The van der Waals surface area contributed by atoms with E-state index < -0.39 is 23.6 Å². The molecule has 0 radical (unpaired) electrons. The number of carbonyl (C=O) groups is 4. The van der Waals surface area contributed by atoms with Gasteiger partial charge in [-0.1, -0.05) is 30.3 Å². The molecule has 3 aromatic carbocycles. The maximum atomic E-state index is 13.3. The van der Waals surface area contributed by atoms with Gasteiger partial charge in [0.25, 0.3) is 23.6 Å². The molecule has 0 spiro atoms. The Hall–Kier alpha value is -4.63. The van der Waals surface area contributed by atoms with Crippen LogP contribution in [0.5, 0.6) is 5.75 Å². The van der Waals surface area contributed by atoms with Crippen LogP contribution in [0.25, 0.3) is 6.08 Å². The number of ether oxygens (including phenoxy) is 1. The first-order chi connectivity index (χ1) is 17.8. The van der Waals surface area contributed by atoms with E-state index in [4.69, 9.17) is 17.0 Å². The second-order valence-corrected chi connectivity index (χ2v) is 9.00. The van der Waals surface area contributed by atoms with E-state index in [1.807, 2.05) is 13.0 Å². The van der Waals surface area contributed by atoms with Crippen LogP contribution in [0, 0.1) is 6.92 Å². The first-order valence-corrected chi connectivity index (χ1v) is 11.8. The zero-order valence-electron chi connectivity index (χ0n) is 20.0. The van der Waals surface area contributed by atoms with Gasteiger partial charge in [0.05, 0.1) is 30.5 Å². The van der Waals surface area contributed by atoms with Crippen molar-refractivity contribution < 1.29 is 23.9 Å². The molecule has 4 amide bonds. The number of imide groups is 1. The Morgan fingerprint density at radius 2 is 1.59 bits per heavy atom. The van der Waals surface area contributed by atoms with E-state index in [9.17, 15) is 19.2 Å². The van der Waals surface area contributed by atoms with Crippen molar-refractivity contribution in [2.75, 3.05) is 12.0 Å². The van der Waals surface area contributed by atoms with Gasteiger partial charge in [-0.2, -0.15) is 0 Å². The van der Waals surface area contributed by atoms with Crippen LogP contribution >= 0.6 is 12.2 Å². The van der Waals surface area contributed by atoms with Gasteiger partial charge in [0.2, 0.25) is 0 Å². The second-order valence-electron chi connectivity index (χ2n) is 8.61. The van der Waals surface area contributed by atoms with Crippen LogP contribution in [0.4, 0.5) is 5.69 Å². The highest BCUT2D eigenvalue weighted by Crippen LogP contribution is 2.29. The molecule has 5 rings (SSSR count). The molecular formula is C28H21N3O5S. The van der Waals surface area contributed by atoms with E-state index in [1.165, 1.54) is 18.1 Å². The SMILES string of the molecule is COc1ccc(/C=C2/C(=O)NC(=S)N(c3cccc(C)c3)C2=O)cc1CN1C(=O)c2ccccc2C1=O. The number of benzene rings is 3. The maximum absolute atomic E-state index is 13.3. The number of nitrogens with zero attached hydrogens (tertiary/aromatic N) is 2. The molecular weight excluding hydrogens is 490 g/mol. The third-order valence-corrected chi connectivity index (χ3v) is 6.47. The second kappa shape index (κ2) is 9.44. The lowest BCUT2D eigenvalue weighted by Gasteiger charge is -2.29. The minimum atomic E-state index is -0.614. The number of carbonyl (C=O) groups excluding carboxylic acids is 4. The highest BCUT2D eigenvalue weighted by Gasteiger charge is 2.36. The van der Waals surface area contributed by atoms with Gasteiger partial charge in [0, 0.05) is 5.56 Å². The molecule has 9 heteroatoms. The van der Waals surface area contributed by atoms with Crippen LogP contribution < -0.4 is 15.0 Å². The van der Waals surface area contributed by atoms with E-state index >= 15 is 0 Å². The fraction of sp³-hybridized carbons (Fsp3) is 0.107. The monoisotopic (exact) mass is 511 g/mol. The lowest BCUT2D eigenvalue weighted by atomic mass is 10.0. The molecule has 3 aromatic rings. The fourth-order valence-corrected chi connectivity index (χ4v) is 4.67. The Morgan fingerprint density at radius 1 is 0.892 bits per heavy atom. The van der Waals surface area contributed by atoms with Crippen molar-refractivity contribution in [3.8, 4) is 5.75 Å². The minimum absolute atomic E-state index is 0.00112. The normalized spacial score (nSPS) is 16.4. The molecule has 2 aliphatic rings. The molecule has 2 heterocycles. The fourth-order valence-electron chi connectivity index (χ4n) is 4.39. The van der Waals surface area contributed by atoms with Crippen molar-refractivity contribution in [1.29, 1.82) is 0 Å². The van der Waals surface area contributed by atoms with E-state index in [0.29, 0.717) is 33.7 Å². The Kier molecular flexibility index (Phi) is 6.14. The number of rotatable bonds is 5. The molecule has 0 saturated carbocycles. The summed E-state index contributed by atoms with van der Waals surface area (Å²) < 4.78 is 5.45. The number of amides is 4. The van der Waals surface area contributed by atoms with Crippen molar-refractivity contribution in [1.82, 2.24) is 10.2 Å². The van der Waals surface area contributed by atoms with Crippen molar-refractivity contribution in [3.05, 3.63) is 100 Å². The first-order valence-electron chi connectivity index (χ1n) is 11.4.